The third-order valence-electron chi connectivity index (χ3n) is 3.65. The molecule has 0 bridgehead atoms. The van der Waals surface area contributed by atoms with Gasteiger partial charge in [0.2, 0.25) is 0 Å². The topological polar surface area (TPSA) is 58.5 Å². The molecule has 6 heteroatoms. The summed E-state index contributed by atoms with van der Waals surface area (Å²) in [6.45, 7) is 12.6. The first-order valence-corrected chi connectivity index (χ1v) is 9.80. The molecule has 5 nitrogen and oxygen atoms in total. The smallest absolute Gasteiger partial charge is 0.191 e. The molecule has 0 fully saturated rings. The van der Waals surface area contributed by atoms with Crippen molar-refractivity contribution in [3.05, 3.63) is 58.6 Å². The molecule has 2 aromatic rings. The molecule has 0 aliphatic heterocycles. The molecule has 0 spiro atoms. The molecule has 0 aliphatic carbocycles. The molecule has 140 valence electrons. The molecule has 1 aromatic heterocycles. The van der Waals surface area contributed by atoms with Crippen LogP contribution in [0.2, 0.25) is 0 Å². The quantitative estimate of drug-likeness (QED) is 0.395. The first-order chi connectivity index (χ1) is 12.6. The molecule has 0 aliphatic rings. The minimum absolute atomic E-state index is 0.453. The van der Waals surface area contributed by atoms with Gasteiger partial charge in [-0.2, -0.15) is 0 Å². The molecule has 0 amide bonds. The maximum atomic E-state index is 5.70. The van der Waals surface area contributed by atoms with Gasteiger partial charge in [0.05, 0.1) is 18.8 Å². The number of guanidine groups is 1. The molecular formula is C20H28N4OS. The zero-order valence-corrected chi connectivity index (χ0v) is 16.6. The van der Waals surface area contributed by atoms with E-state index in [0.717, 1.165) is 34.5 Å². The van der Waals surface area contributed by atoms with Crippen LogP contribution in [0, 0.1) is 0 Å². The number of aliphatic imine (C=N–C) groups is 1. The lowest BCUT2D eigenvalue weighted by atomic mass is 10.2. The van der Waals surface area contributed by atoms with Crippen molar-refractivity contribution in [3.8, 4) is 5.75 Å². The fourth-order valence-electron chi connectivity index (χ4n) is 2.26. The Morgan fingerprint density at radius 2 is 2.15 bits per heavy atom. The molecule has 0 unspecified atom stereocenters. The fraction of sp³-hybridized carbons (Fsp3) is 0.400. The van der Waals surface area contributed by atoms with Crippen molar-refractivity contribution in [3.63, 3.8) is 0 Å². The highest BCUT2D eigenvalue weighted by Crippen LogP contribution is 2.19. The van der Waals surface area contributed by atoms with Crippen molar-refractivity contribution in [1.29, 1.82) is 0 Å². The minimum atomic E-state index is 0.453. The average Bonchev–Trinajstić information content (AvgIpc) is 3.12. The predicted octanol–water partition coefficient (Wildman–Crippen LogP) is 4.09. The summed E-state index contributed by atoms with van der Waals surface area (Å²) in [4.78, 5) is 9.33. The number of para-hydroxylation sites is 1. The maximum Gasteiger partial charge on any atom is 0.191 e. The monoisotopic (exact) mass is 372 g/mol. The van der Waals surface area contributed by atoms with Gasteiger partial charge in [-0.15, -0.1) is 11.3 Å². The van der Waals surface area contributed by atoms with E-state index in [0.29, 0.717) is 25.6 Å². The van der Waals surface area contributed by atoms with E-state index in [1.54, 1.807) is 17.4 Å². The Morgan fingerprint density at radius 1 is 1.35 bits per heavy atom. The van der Waals surface area contributed by atoms with Crippen molar-refractivity contribution in [1.82, 2.24) is 15.6 Å². The van der Waals surface area contributed by atoms with E-state index in [9.17, 15) is 0 Å². The third kappa shape index (κ3) is 6.19. The SMILES string of the molecule is C=CCOc1ccccc1CN=C(NCC)NCc1nc(C(C)C)cs1. The molecule has 1 aromatic carbocycles. The first-order valence-electron chi connectivity index (χ1n) is 8.92. The first kappa shape index (κ1) is 20.0. The largest absolute Gasteiger partial charge is 0.489 e. The second-order valence-electron chi connectivity index (χ2n) is 6.08. The van der Waals surface area contributed by atoms with Crippen LogP contribution in [0.3, 0.4) is 0 Å². The van der Waals surface area contributed by atoms with Gasteiger partial charge >= 0.3 is 0 Å². The zero-order chi connectivity index (χ0) is 18.8. The summed E-state index contributed by atoms with van der Waals surface area (Å²) in [6.07, 6.45) is 1.74. The Labute approximate surface area is 160 Å². The Bertz CT molecular complexity index is 724. The van der Waals surface area contributed by atoms with Gasteiger partial charge in [-0.3, -0.25) is 0 Å². The van der Waals surface area contributed by atoms with E-state index in [4.69, 9.17) is 4.74 Å². The second kappa shape index (κ2) is 10.6. The summed E-state index contributed by atoms with van der Waals surface area (Å²) in [5, 5.41) is 9.81. The molecule has 26 heavy (non-hydrogen) atoms. The van der Waals surface area contributed by atoms with E-state index < -0.39 is 0 Å². The standard InChI is InChI=1S/C20H28N4OS/c1-5-11-25-18-10-8-7-9-16(18)12-22-20(21-6-2)23-13-19-24-17(14-26-19)15(3)4/h5,7-10,14-15H,1,6,11-13H2,2-4H3,(H2,21,22,23). The van der Waals surface area contributed by atoms with Gasteiger partial charge in [0.1, 0.15) is 17.4 Å². The molecule has 2 rings (SSSR count). The highest BCUT2D eigenvalue weighted by molar-refractivity contribution is 7.09. The summed E-state index contributed by atoms with van der Waals surface area (Å²) < 4.78 is 5.70. The van der Waals surface area contributed by atoms with Gasteiger partial charge in [0, 0.05) is 17.5 Å². The number of rotatable bonds is 9. The number of aromatic nitrogens is 1. The summed E-state index contributed by atoms with van der Waals surface area (Å²) in [5.74, 6) is 2.06. The maximum absolute atomic E-state index is 5.70. The number of hydrogen-bond donors (Lipinski definition) is 2. The molecule has 2 N–H and O–H groups in total. The van der Waals surface area contributed by atoms with Gasteiger partial charge in [-0.25, -0.2) is 9.98 Å². The van der Waals surface area contributed by atoms with Gasteiger partial charge in [-0.1, -0.05) is 44.7 Å². The van der Waals surface area contributed by atoms with E-state index in [1.165, 1.54) is 0 Å². The lowest BCUT2D eigenvalue weighted by Gasteiger charge is -2.12. The van der Waals surface area contributed by atoms with Gasteiger partial charge in [-0.05, 0) is 18.9 Å². The summed E-state index contributed by atoms with van der Waals surface area (Å²) in [7, 11) is 0. The predicted molar refractivity (Wildman–Crippen MR) is 110 cm³/mol. The molecule has 0 saturated carbocycles. The number of nitrogens with zero attached hydrogens (tertiary/aromatic N) is 2. The van der Waals surface area contributed by atoms with Crippen LogP contribution in [-0.2, 0) is 13.1 Å². The number of thiazole rings is 1. The van der Waals surface area contributed by atoms with Crippen LogP contribution in [0.15, 0.2) is 47.3 Å². The molecule has 1 heterocycles. The molecule has 0 radical (unpaired) electrons. The Kier molecular flexibility index (Phi) is 8.15. The van der Waals surface area contributed by atoms with Crippen LogP contribution >= 0.6 is 11.3 Å². The highest BCUT2D eigenvalue weighted by Gasteiger charge is 2.07. The number of ether oxygens (including phenoxy) is 1. The van der Waals surface area contributed by atoms with Crippen molar-refractivity contribution in [2.45, 2.75) is 39.8 Å². The van der Waals surface area contributed by atoms with Crippen LogP contribution in [0.1, 0.15) is 43.0 Å². The Hall–Kier alpha value is -2.34. The van der Waals surface area contributed by atoms with Gasteiger partial charge in [0.15, 0.2) is 5.96 Å². The van der Waals surface area contributed by atoms with Crippen LogP contribution in [0.4, 0.5) is 0 Å². The normalized spacial score (nSPS) is 11.5. The van der Waals surface area contributed by atoms with E-state index in [2.05, 4.69) is 53.3 Å². The Balaban J connectivity index is 2.00. The Morgan fingerprint density at radius 3 is 2.85 bits per heavy atom. The fourth-order valence-corrected chi connectivity index (χ4v) is 3.16. The average molecular weight is 373 g/mol. The molecule has 0 atom stereocenters. The van der Waals surface area contributed by atoms with E-state index in [1.807, 2.05) is 24.3 Å². The van der Waals surface area contributed by atoms with E-state index >= 15 is 0 Å². The number of nitrogens with one attached hydrogen (secondary N) is 2. The molecular weight excluding hydrogens is 344 g/mol. The zero-order valence-electron chi connectivity index (χ0n) is 15.8. The van der Waals surface area contributed by atoms with Crippen LogP contribution in [-0.4, -0.2) is 24.1 Å². The second-order valence-corrected chi connectivity index (χ2v) is 7.02. The van der Waals surface area contributed by atoms with E-state index in [-0.39, 0.29) is 0 Å². The summed E-state index contributed by atoms with van der Waals surface area (Å²) in [5.41, 5.74) is 2.19. The van der Waals surface area contributed by atoms with Crippen LogP contribution in [0.5, 0.6) is 5.75 Å². The number of hydrogen-bond acceptors (Lipinski definition) is 4. The van der Waals surface area contributed by atoms with Gasteiger partial charge < -0.3 is 15.4 Å². The van der Waals surface area contributed by atoms with Crippen molar-refractivity contribution in [2.24, 2.45) is 4.99 Å². The van der Waals surface area contributed by atoms with Crippen molar-refractivity contribution < 1.29 is 4.74 Å². The van der Waals surface area contributed by atoms with Crippen LogP contribution < -0.4 is 15.4 Å². The summed E-state index contributed by atoms with van der Waals surface area (Å²) in [6, 6.07) is 7.94. The molecule has 0 saturated heterocycles. The third-order valence-corrected chi connectivity index (χ3v) is 4.52. The van der Waals surface area contributed by atoms with Gasteiger partial charge in [0.25, 0.3) is 0 Å². The summed E-state index contributed by atoms with van der Waals surface area (Å²) >= 11 is 1.68. The van der Waals surface area contributed by atoms with Crippen molar-refractivity contribution in [2.75, 3.05) is 13.2 Å². The van der Waals surface area contributed by atoms with Crippen molar-refractivity contribution >= 4 is 17.3 Å². The highest BCUT2D eigenvalue weighted by atomic mass is 32.1. The minimum Gasteiger partial charge on any atom is -0.489 e. The lowest BCUT2D eigenvalue weighted by Crippen LogP contribution is -2.36. The van der Waals surface area contributed by atoms with Crippen LogP contribution in [0.25, 0.3) is 0 Å². The lowest BCUT2D eigenvalue weighted by molar-refractivity contribution is 0.359. The number of benzene rings is 1.